The van der Waals surface area contributed by atoms with Gasteiger partial charge in [-0.1, -0.05) is 25.1 Å². The number of unbranched alkanes of at least 4 members (excludes halogenated alkanes) is 2. The van der Waals surface area contributed by atoms with Gasteiger partial charge in [0.05, 0.1) is 7.11 Å². The average Bonchev–Trinajstić information content (AvgIpc) is 2.56. The zero-order valence-corrected chi connectivity index (χ0v) is 13.9. The third kappa shape index (κ3) is 7.70. The highest BCUT2D eigenvalue weighted by Crippen LogP contribution is 2.26. The lowest BCUT2D eigenvalue weighted by Gasteiger charge is -2.08. The number of allylic oxidation sites excluding steroid dienone is 1. The van der Waals surface area contributed by atoms with Gasteiger partial charge in [0.25, 0.3) is 0 Å². The molecule has 5 nitrogen and oxygen atoms in total. The molecule has 5 heteroatoms. The molecule has 3 N–H and O–H groups in total. The summed E-state index contributed by atoms with van der Waals surface area (Å²) < 4.78 is 5.03. The number of phenolic OH excluding ortho intramolecular Hbond substituents is 1. The molecular weight excluding hydrogens is 294 g/mol. The van der Waals surface area contributed by atoms with E-state index in [2.05, 4.69) is 11.4 Å². The van der Waals surface area contributed by atoms with Gasteiger partial charge in [0.1, 0.15) is 0 Å². The second kappa shape index (κ2) is 10.7. The summed E-state index contributed by atoms with van der Waals surface area (Å²) in [6.45, 7) is 2.55. The second-order valence-electron chi connectivity index (χ2n) is 5.62. The summed E-state index contributed by atoms with van der Waals surface area (Å²) in [6, 6.07) is 5.02. The van der Waals surface area contributed by atoms with Crippen LogP contribution in [0.15, 0.2) is 30.4 Å². The van der Waals surface area contributed by atoms with Crippen LogP contribution in [0.2, 0.25) is 0 Å². The van der Waals surface area contributed by atoms with Crippen LogP contribution < -0.4 is 10.1 Å². The van der Waals surface area contributed by atoms with Gasteiger partial charge >= 0.3 is 0 Å². The first-order chi connectivity index (χ1) is 11.1. The molecule has 0 heterocycles. The number of aliphatic hydroxyl groups is 1. The van der Waals surface area contributed by atoms with Crippen molar-refractivity contribution in [2.45, 2.75) is 39.2 Å². The Kier molecular flexibility index (Phi) is 8.83. The Morgan fingerprint density at radius 3 is 2.87 bits per heavy atom. The van der Waals surface area contributed by atoms with Crippen LogP contribution in [0.25, 0.3) is 0 Å². The zero-order chi connectivity index (χ0) is 17.1. The van der Waals surface area contributed by atoms with Crippen molar-refractivity contribution < 1.29 is 19.7 Å². The number of phenols is 1. The van der Waals surface area contributed by atoms with Gasteiger partial charge < -0.3 is 20.3 Å². The minimum atomic E-state index is 0.0183. The maximum Gasteiger partial charge on any atom is 0.220 e. The summed E-state index contributed by atoms with van der Waals surface area (Å²) in [6.07, 6.45) is 7.27. The topological polar surface area (TPSA) is 78.8 Å². The number of aliphatic hydroxyl groups excluding tert-OH is 1. The molecule has 1 rings (SSSR count). The number of carbonyl (C=O) groups is 1. The molecule has 23 heavy (non-hydrogen) atoms. The van der Waals surface area contributed by atoms with Crippen LogP contribution in [0, 0.1) is 5.92 Å². The molecule has 0 aliphatic rings. The molecule has 0 aromatic heterocycles. The third-order valence-corrected chi connectivity index (χ3v) is 3.51. The summed E-state index contributed by atoms with van der Waals surface area (Å²) in [4.78, 5) is 11.8. The minimum absolute atomic E-state index is 0.0183. The third-order valence-electron chi connectivity index (χ3n) is 3.51. The Balaban J connectivity index is 2.21. The Morgan fingerprint density at radius 1 is 1.39 bits per heavy atom. The van der Waals surface area contributed by atoms with Crippen LogP contribution in [-0.4, -0.2) is 29.8 Å². The highest BCUT2D eigenvalue weighted by Gasteiger charge is 2.05. The van der Waals surface area contributed by atoms with E-state index in [9.17, 15) is 9.90 Å². The average molecular weight is 321 g/mol. The van der Waals surface area contributed by atoms with E-state index >= 15 is 0 Å². The molecule has 1 amide bonds. The van der Waals surface area contributed by atoms with Crippen LogP contribution in [0.3, 0.4) is 0 Å². The molecule has 0 saturated carbocycles. The maximum absolute atomic E-state index is 11.8. The minimum Gasteiger partial charge on any atom is -0.504 e. The van der Waals surface area contributed by atoms with Gasteiger partial charge in [-0.25, -0.2) is 0 Å². The number of hydrogen-bond acceptors (Lipinski definition) is 4. The molecule has 1 aromatic carbocycles. The molecule has 0 aliphatic carbocycles. The normalized spacial score (nSPS) is 12.3. The van der Waals surface area contributed by atoms with Crippen molar-refractivity contribution in [3.8, 4) is 11.5 Å². The van der Waals surface area contributed by atoms with Gasteiger partial charge in [-0.2, -0.15) is 0 Å². The molecule has 128 valence electrons. The number of nitrogens with one attached hydrogen (secondary N) is 1. The molecule has 0 bridgehead atoms. The van der Waals surface area contributed by atoms with Crippen molar-refractivity contribution in [3.05, 3.63) is 35.9 Å². The van der Waals surface area contributed by atoms with Gasteiger partial charge in [0.2, 0.25) is 5.91 Å². The smallest absolute Gasteiger partial charge is 0.220 e. The molecule has 1 aromatic rings. The SMILES string of the molecule is COc1cc(CNC(=O)CCCC/C=C/C(C)CO)ccc1O. The van der Waals surface area contributed by atoms with Crippen LogP contribution in [-0.2, 0) is 11.3 Å². The summed E-state index contributed by atoms with van der Waals surface area (Å²) in [5.74, 6) is 0.706. The lowest BCUT2D eigenvalue weighted by atomic mass is 10.1. The largest absolute Gasteiger partial charge is 0.504 e. The second-order valence-corrected chi connectivity index (χ2v) is 5.62. The van der Waals surface area contributed by atoms with Crippen LogP contribution in [0.1, 0.15) is 38.2 Å². The Morgan fingerprint density at radius 2 is 2.17 bits per heavy atom. The number of carbonyl (C=O) groups excluding carboxylic acids is 1. The fourth-order valence-electron chi connectivity index (χ4n) is 2.06. The number of amides is 1. The van der Waals surface area contributed by atoms with Crippen LogP contribution in [0.5, 0.6) is 11.5 Å². The number of rotatable bonds is 10. The van der Waals surface area contributed by atoms with Crippen LogP contribution in [0.4, 0.5) is 0 Å². The molecule has 0 saturated heterocycles. The molecule has 0 fully saturated rings. The molecule has 0 radical (unpaired) electrons. The summed E-state index contributed by atoms with van der Waals surface area (Å²) >= 11 is 0. The van der Waals surface area contributed by atoms with E-state index in [0.29, 0.717) is 18.7 Å². The van der Waals surface area contributed by atoms with E-state index in [1.807, 2.05) is 13.0 Å². The first-order valence-electron chi connectivity index (χ1n) is 7.97. The Bertz CT molecular complexity index is 514. The van der Waals surface area contributed by atoms with Crippen molar-refractivity contribution >= 4 is 5.91 Å². The molecule has 1 unspecified atom stereocenters. The fraction of sp³-hybridized carbons (Fsp3) is 0.500. The highest BCUT2D eigenvalue weighted by molar-refractivity contribution is 5.75. The van der Waals surface area contributed by atoms with Gasteiger partial charge in [-0.15, -0.1) is 0 Å². The first-order valence-corrected chi connectivity index (χ1v) is 7.97. The van der Waals surface area contributed by atoms with Crippen molar-refractivity contribution in [2.75, 3.05) is 13.7 Å². The van der Waals surface area contributed by atoms with Crippen molar-refractivity contribution in [2.24, 2.45) is 5.92 Å². The molecule has 0 spiro atoms. The van der Waals surface area contributed by atoms with E-state index in [1.54, 1.807) is 18.2 Å². The number of benzene rings is 1. The first kappa shape index (κ1) is 19.0. The van der Waals surface area contributed by atoms with E-state index in [0.717, 1.165) is 24.8 Å². The van der Waals surface area contributed by atoms with E-state index in [4.69, 9.17) is 9.84 Å². The monoisotopic (exact) mass is 321 g/mol. The molecular formula is C18H27NO4. The van der Waals surface area contributed by atoms with Gasteiger partial charge in [0.15, 0.2) is 11.5 Å². The highest BCUT2D eigenvalue weighted by atomic mass is 16.5. The zero-order valence-electron chi connectivity index (χ0n) is 13.9. The lowest BCUT2D eigenvalue weighted by molar-refractivity contribution is -0.121. The van der Waals surface area contributed by atoms with E-state index < -0.39 is 0 Å². The predicted octanol–water partition coefficient (Wildman–Crippen LogP) is 2.76. The van der Waals surface area contributed by atoms with E-state index in [-0.39, 0.29) is 24.2 Å². The van der Waals surface area contributed by atoms with Crippen molar-refractivity contribution in [1.82, 2.24) is 5.32 Å². The lowest BCUT2D eigenvalue weighted by Crippen LogP contribution is -2.22. The fourth-order valence-corrected chi connectivity index (χ4v) is 2.06. The Hall–Kier alpha value is -2.01. The predicted molar refractivity (Wildman–Crippen MR) is 90.4 cm³/mol. The molecule has 1 atom stereocenters. The van der Waals surface area contributed by atoms with Crippen molar-refractivity contribution in [3.63, 3.8) is 0 Å². The summed E-state index contributed by atoms with van der Waals surface area (Å²) in [5, 5.41) is 21.3. The number of ether oxygens (including phenoxy) is 1. The summed E-state index contributed by atoms with van der Waals surface area (Å²) in [7, 11) is 1.49. The van der Waals surface area contributed by atoms with E-state index in [1.165, 1.54) is 7.11 Å². The number of methoxy groups -OCH3 is 1. The van der Waals surface area contributed by atoms with Gasteiger partial charge in [-0.05, 0) is 42.9 Å². The van der Waals surface area contributed by atoms with Crippen LogP contribution >= 0.6 is 0 Å². The summed E-state index contributed by atoms with van der Waals surface area (Å²) in [5.41, 5.74) is 0.883. The quantitative estimate of drug-likeness (QED) is 0.457. The number of aromatic hydroxyl groups is 1. The van der Waals surface area contributed by atoms with Crippen molar-refractivity contribution in [1.29, 1.82) is 0 Å². The molecule has 0 aliphatic heterocycles. The number of hydrogen-bond donors (Lipinski definition) is 3. The Labute approximate surface area is 138 Å². The standard InChI is InChI=1S/C18H27NO4/c1-14(13-20)7-5-3-4-6-8-18(22)19-12-15-9-10-16(21)17(11-15)23-2/h5,7,9-11,14,20-21H,3-4,6,8,12-13H2,1-2H3,(H,19,22)/b7-5+. The van der Waals surface area contributed by atoms with Gasteiger partial charge in [-0.3, -0.25) is 4.79 Å². The van der Waals surface area contributed by atoms with Gasteiger partial charge in [0, 0.05) is 19.6 Å². The maximum atomic E-state index is 11.8.